The Balaban J connectivity index is 0.887. The molecule has 1 aliphatic carbocycles. The van der Waals surface area contributed by atoms with Gasteiger partial charge in [-0.2, -0.15) is 13.8 Å². The van der Waals surface area contributed by atoms with E-state index in [0.29, 0.717) is 31.5 Å². The smallest absolute Gasteiger partial charge is 0.342 e. The van der Waals surface area contributed by atoms with Gasteiger partial charge in [-0.15, -0.1) is 0 Å². The number of carbonyl (C=O) groups is 7. The van der Waals surface area contributed by atoms with Crippen molar-refractivity contribution in [2.75, 3.05) is 55.5 Å². The van der Waals surface area contributed by atoms with Crippen LogP contribution in [-0.4, -0.2) is 126 Å². The van der Waals surface area contributed by atoms with Gasteiger partial charge in [0.2, 0.25) is 17.8 Å². The molecule has 60 heavy (non-hydrogen) atoms. The molecule has 8 rings (SSSR count). The predicted molar refractivity (Wildman–Crippen MR) is 207 cm³/mol. The summed E-state index contributed by atoms with van der Waals surface area (Å²) in [4.78, 5) is 103. The first kappa shape index (κ1) is 40.1. The first-order valence-corrected chi connectivity index (χ1v) is 19.5. The number of fused-ring (bicyclic) bond motifs is 2. The number of alkyl halides is 2. The third-order valence-corrected chi connectivity index (χ3v) is 11.5. The van der Waals surface area contributed by atoms with Crippen LogP contribution in [0.1, 0.15) is 76.0 Å². The van der Waals surface area contributed by atoms with Crippen molar-refractivity contribution in [1.82, 2.24) is 30.4 Å². The molecule has 3 fully saturated rings. The largest absolute Gasteiger partial charge is 0.495 e. The van der Waals surface area contributed by atoms with E-state index in [1.54, 1.807) is 12.1 Å². The molecule has 314 valence electrons. The highest BCUT2D eigenvalue weighted by atomic mass is 19.3. The van der Waals surface area contributed by atoms with Crippen LogP contribution in [0.3, 0.4) is 0 Å². The first-order valence-electron chi connectivity index (χ1n) is 19.5. The summed E-state index contributed by atoms with van der Waals surface area (Å²) in [5.41, 5.74) is 0.765. The van der Waals surface area contributed by atoms with Gasteiger partial charge in [0.15, 0.2) is 12.4 Å². The molecule has 5 aliphatic rings. The summed E-state index contributed by atoms with van der Waals surface area (Å²) < 4.78 is 41.4. The Morgan fingerprint density at radius 1 is 1.00 bits per heavy atom. The Bertz CT molecular complexity index is 2320. The number of imide groups is 2. The van der Waals surface area contributed by atoms with E-state index < -0.39 is 72.5 Å². The third-order valence-electron chi connectivity index (χ3n) is 11.5. The van der Waals surface area contributed by atoms with Crippen LogP contribution in [0, 0.1) is 0 Å². The zero-order chi connectivity index (χ0) is 42.5. The van der Waals surface area contributed by atoms with E-state index in [1.807, 2.05) is 0 Å². The summed E-state index contributed by atoms with van der Waals surface area (Å²) in [6.07, 6.45) is 4.90. The van der Waals surface area contributed by atoms with Gasteiger partial charge in [-0.05, 0) is 56.0 Å². The molecule has 2 saturated heterocycles. The summed E-state index contributed by atoms with van der Waals surface area (Å²) in [5.74, 6) is -7.93. The van der Waals surface area contributed by atoms with E-state index in [0.717, 1.165) is 22.6 Å². The van der Waals surface area contributed by atoms with Crippen molar-refractivity contribution in [3.05, 3.63) is 59.3 Å². The van der Waals surface area contributed by atoms with Crippen molar-refractivity contribution in [1.29, 1.82) is 0 Å². The molecule has 0 spiro atoms. The number of likely N-dealkylation sites (tertiary alicyclic amines) is 1. The van der Waals surface area contributed by atoms with E-state index in [-0.39, 0.29) is 71.1 Å². The normalized spacial score (nSPS) is 21.4. The molecular weight excluding hydrogens is 788 g/mol. The zero-order valence-corrected chi connectivity index (χ0v) is 32.7. The number of rotatable bonds is 10. The summed E-state index contributed by atoms with van der Waals surface area (Å²) >= 11 is 0. The second-order valence-corrected chi connectivity index (χ2v) is 15.3. The van der Waals surface area contributed by atoms with Crippen molar-refractivity contribution in [3.8, 4) is 11.5 Å². The van der Waals surface area contributed by atoms with E-state index in [4.69, 9.17) is 9.47 Å². The van der Waals surface area contributed by atoms with Gasteiger partial charge in [-0.1, -0.05) is 18.9 Å². The summed E-state index contributed by atoms with van der Waals surface area (Å²) in [6, 6.07) is 7.27. The van der Waals surface area contributed by atoms with Gasteiger partial charge in [0.1, 0.15) is 23.2 Å². The molecule has 1 aromatic heterocycles. The third kappa shape index (κ3) is 7.41. The predicted octanol–water partition coefficient (Wildman–Crippen LogP) is 2.40. The van der Waals surface area contributed by atoms with Crippen LogP contribution in [0.15, 0.2) is 42.6 Å². The summed E-state index contributed by atoms with van der Waals surface area (Å²) in [7, 11) is 2.69. The minimum absolute atomic E-state index is 0.00152. The van der Waals surface area contributed by atoms with E-state index in [1.165, 1.54) is 54.4 Å². The number of methoxy groups -OCH3 is 1. The van der Waals surface area contributed by atoms with Crippen LogP contribution in [0.25, 0.3) is 0 Å². The highest BCUT2D eigenvalue weighted by Crippen LogP contribution is 2.40. The Kier molecular flexibility index (Phi) is 10.5. The van der Waals surface area contributed by atoms with Crippen LogP contribution >= 0.6 is 0 Å². The number of hydrogen-bond donors (Lipinski definition) is 3. The SMILES string of the molecule is COc1cc(C(=O)N[C@@H]2CCN(C(=O)COc3cccc4c3C(=O)N(C3CCC(=O)NC3=O)C4=O)C2)ccc1Nc1ncc2c(n1)N(C1CCCC1)CC(F)(F)C(=O)N2C. The maximum Gasteiger partial charge on any atom is 0.342 e. The molecule has 0 radical (unpaired) electrons. The first-order chi connectivity index (χ1) is 28.7. The van der Waals surface area contributed by atoms with Crippen molar-refractivity contribution < 1.29 is 51.8 Å². The fourth-order valence-corrected chi connectivity index (χ4v) is 8.37. The lowest BCUT2D eigenvalue weighted by Crippen LogP contribution is -2.54. The quantitative estimate of drug-likeness (QED) is 0.251. The number of aromatic nitrogens is 2. The average Bonchev–Trinajstić information content (AvgIpc) is 3.99. The maximum absolute atomic E-state index is 15.0. The van der Waals surface area contributed by atoms with Crippen LogP contribution in [0.5, 0.6) is 11.5 Å². The number of nitrogens with one attached hydrogen (secondary N) is 3. The zero-order valence-electron chi connectivity index (χ0n) is 32.7. The van der Waals surface area contributed by atoms with Crippen molar-refractivity contribution >= 4 is 64.5 Å². The Morgan fingerprint density at radius 2 is 1.78 bits per heavy atom. The van der Waals surface area contributed by atoms with Crippen LogP contribution in [0.2, 0.25) is 0 Å². The monoisotopic (exact) mass is 829 g/mol. The molecule has 3 aromatic rings. The highest BCUT2D eigenvalue weighted by Gasteiger charge is 2.49. The number of anilines is 4. The minimum atomic E-state index is -3.62. The fourth-order valence-electron chi connectivity index (χ4n) is 8.37. The Hall–Kier alpha value is -6.73. The molecule has 18 nitrogen and oxygen atoms in total. The number of benzene rings is 2. The number of amides is 7. The highest BCUT2D eigenvalue weighted by molar-refractivity contribution is 6.24. The second-order valence-electron chi connectivity index (χ2n) is 15.3. The number of nitrogens with zero attached hydrogens (tertiary/aromatic N) is 6. The van der Waals surface area contributed by atoms with Gasteiger partial charge in [-0.25, -0.2) is 4.98 Å². The van der Waals surface area contributed by atoms with E-state index >= 15 is 8.78 Å². The van der Waals surface area contributed by atoms with Gasteiger partial charge >= 0.3 is 5.92 Å². The second kappa shape index (κ2) is 15.8. The minimum Gasteiger partial charge on any atom is -0.495 e. The van der Waals surface area contributed by atoms with E-state index in [2.05, 4.69) is 25.9 Å². The van der Waals surface area contributed by atoms with Gasteiger partial charge in [-0.3, -0.25) is 43.8 Å². The number of carbonyl (C=O) groups excluding carboxylic acids is 7. The molecule has 4 aliphatic heterocycles. The molecule has 2 aromatic carbocycles. The van der Waals surface area contributed by atoms with E-state index in [9.17, 15) is 33.6 Å². The lowest BCUT2D eigenvalue weighted by atomic mass is 10.0. The molecule has 3 N–H and O–H groups in total. The van der Waals surface area contributed by atoms with Gasteiger partial charge in [0.25, 0.3) is 29.5 Å². The molecule has 2 atom stereocenters. The van der Waals surface area contributed by atoms with Crippen LogP contribution in [-0.2, 0) is 19.2 Å². The standard InChI is InChI=1S/C40H41F2N9O9/c1-48-27-17-43-39(47-33(27)50(23-6-3-4-7-23)20-40(41,42)38(48)58)45-25-11-10-21(16-29(25)59-2)34(54)44-22-14-15-49(18-22)31(53)19-60-28-9-5-8-24-32(28)37(57)51(36(24)56)26-12-13-30(52)46-35(26)55/h5,8-11,16-17,22-23,26H,3-4,6-7,12-15,18-20H2,1-2H3,(H,44,54)(H,43,45,47)(H,46,52,55)/t22-,26?/m1/s1. The fraction of sp³-hybridized carbons (Fsp3) is 0.425. The Labute approximate surface area is 341 Å². The number of ether oxygens (including phenoxy) is 2. The molecule has 1 unspecified atom stereocenters. The molecule has 0 bridgehead atoms. The molecule has 5 heterocycles. The van der Waals surface area contributed by atoms with Crippen molar-refractivity contribution in [3.63, 3.8) is 0 Å². The van der Waals surface area contributed by atoms with Crippen molar-refractivity contribution in [2.45, 2.75) is 69.0 Å². The number of halogens is 2. The van der Waals surface area contributed by atoms with Crippen molar-refractivity contribution in [2.24, 2.45) is 0 Å². The van der Waals surface area contributed by atoms with Crippen LogP contribution in [0.4, 0.5) is 31.9 Å². The van der Waals surface area contributed by atoms with Gasteiger partial charge in [0, 0.05) is 44.2 Å². The number of hydrogen-bond acceptors (Lipinski definition) is 13. The van der Waals surface area contributed by atoms with Gasteiger partial charge < -0.3 is 34.8 Å². The lowest BCUT2D eigenvalue weighted by molar-refractivity contribution is -0.140. The lowest BCUT2D eigenvalue weighted by Gasteiger charge is -2.31. The molecular formula is C40H41F2N9O9. The molecule has 1 saturated carbocycles. The Morgan fingerprint density at radius 3 is 2.53 bits per heavy atom. The molecule has 7 amide bonds. The van der Waals surface area contributed by atoms with Gasteiger partial charge in [0.05, 0.1) is 36.7 Å². The molecule has 20 heteroatoms. The number of piperidine rings is 1. The summed E-state index contributed by atoms with van der Waals surface area (Å²) in [6.45, 7) is -0.768. The van der Waals surface area contributed by atoms with Crippen LogP contribution < -0.4 is 35.2 Å². The summed E-state index contributed by atoms with van der Waals surface area (Å²) in [5, 5.41) is 8.14. The topological polar surface area (TPSA) is 213 Å². The average molecular weight is 830 g/mol. The maximum atomic E-state index is 15.0.